The Morgan fingerprint density at radius 3 is 1.94 bits per heavy atom. The maximum atomic E-state index is 6.52. The summed E-state index contributed by atoms with van der Waals surface area (Å²) in [6.45, 7) is 6.71. The highest BCUT2D eigenvalue weighted by atomic mass is 16.5. The summed E-state index contributed by atoms with van der Waals surface area (Å²) < 4.78 is 12.9. The summed E-state index contributed by atoms with van der Waals surface area (Å²) in [5, 5.41) is 0. The van der Waals surface area contributed by atoms with Crippen LogP contribution < -0.4 is 0 Å². The molecule has 32 heavy (non-hydrogen) atoms. The summed E-state index contributed by atoms with van der Waals surface area (Å²) in [7, 11) is 0. The second-order valence-corrected chi connectivity index (χ2v) is 8.10. The van der Waals surface area contributed by atoms with Gasteiger partial charge in [-0.3, -0.25) is 4.90 Å². The molecule has 1 heterocycles. The van der Waals surface area contributed by atoms with E-state index in [1.165, 1.54) is 16.7 Å². The van der Waals surface area contributed by atoms with Crippen molar-refractivity contribution in [2.75, 3.05) is 13.1 Å². The number of likely N-dealkylation sites (tertiary alicyclic amines) is 1. The van der Waals surface area contributed by atoms with Crippen molar-refractivity contribution in [3.8, 4) is 0 Å². The van der Waals surface area contributed by atoms with Crippen LogP contribution in [0.3, 0.4) is 0 Å². The van der Waals surface area contributed by atoms with Crippen molar-refractivity contribution in [2.24, 2.45) is 0 Å². The molecule has 0 aliphatic carbocycles. The first kappa shape index (κ1) is 22.2. The first-order chi connectivity index (χ1) is 15.8. The molecule has 1 fully saturated rings. The van der Waals surface area contributed by atoms with Crippen LogP contribution in [0.5, 0.6) is 0 Å². The molecule has 3 aromatic carbocycles. The van der Waals surface area contributed by atoms with E-state index in [2.05, 4.69) is 72.2 Å². The number of hydrogen-bond acceptors (Lipinski definition) is 3. The summed E-state index contributed by atoms with van der Waals surface area (Å²) in [6, 6.07) is 31.2. The maximum Gasteiger partial charge on any atom is 0.104 e. The van der Waals surface area contributed by atoms with Gasteiger partial charge < -0.3 is 9.47 Å². The predicted octanol–water partition coefficient (Wildman–Crippen LogP) is 5.74. The molecule has 0 amide bonds. The van der Waals surface area contributed by atoms with Gasteiger partial charge in [0, 0.05) is 13.1 Å². The minimum atomic E-state index is -0.0705. The van der Waals surface area contributed by atoms with Gasteiger partial charge in [0.15, 0.2) is 0 Å². The van der Waals surface area contributed by atoms with E-state index >= 15 is 0 Å². The second-order valence-electron chi connectivity index (χ2n) is 8.10. The van der Waals surface area contributed by atoms with E-state index in [-0.39, 0.29) is 18.2 Å². The molecular formula is C29H31NO2. The number of benzene rings is 3. The molecule has 0 N–H and O–H groups in total. The van der Waals surface area contributed by atoms with Gasteiger partial charge in [-0.2, -0.15) is 0 Å². The highest BCUT2D eigenvalue weighted by molar-refractivity contribution is 5.50. The fourth-order valence-corrected chi connectivity index (χ4v) is 4.15. The molecule has 164 valence electrons. The zero-order valence-electron chi connectivity index (χ0n) is 18.4. The van der Waals surface area contributed by atoms with Crippen LogP contribution >= 0.6 is 0 Å². The average Bonchev–Trinajstić information content (AvgIpc) is 3.18. The van der Waals surface area contributed by atoms with Crippen molar-refractivity contribution >= 4 is 6.08 Å². The molecule has 1 saturated heterocycles. The Morgan fingerprint density at radius 2 is 1.34 bits per heavy atom. The predicted molar refractivity (Wildman–Crippen MR) is 131 cm³/mol. The molecule has 0 saturated carbocycles. The topological polar surface area (TPSA) is 21.7 Å². The molecule has 0 aromatic heterocycles. The van der Waals surface area contributed by atoms with E-state index in [1.807, 2.05) is 48.5 Å². The van der Waals surface area contributed by atoms with Crippen LogP contribution in [0, 0.1) is 0 Å². The minimum Gasteiger partial charge on any atom is -0.369 e. The maximum absolute atomic E-state index is 6.52. The first-order valence-corrected chi connectivity index (χ1v) is 11.2. The molecule has 3 nitrogen and oxygen atoms in total. The van der Waals surface area contributed by atoms with Gasteiger partial charge >= 0.3 is 0 Å². The van der Waals surface area contributed by atoms with Crippen molar-refractivity contribution in [1.82, 2.24) is 4.90 Å². The SMILES string of the molecule is C=CCN1C[C@@H](OCc2ccccc2)[C@H](OCc2ccccc2)[C@H]1/C=C\c1ccccc1. The molecule has 3 heteroatoms. The number of rotatable bonds is 10. The third-order valence-corrected chi connectivity index (χ3v) is 5.78. The van der Waals surface area contributed by atoms with Gasteiger partial charge in [-0.25, -0.2) is 0 Å². The molecule has 3 aromatic rings. The largest absolute Gasteiger partial charge is 0.369 e. The van der Waals surface area contributed by atoms with Crippen molar-refractivity contribution in [3.05, 3.63) is 126 Å². The summed E-state index contributed by atoms with van der Waals surface area (Å²) in [5.74, 6) is 0. The molecule has 1 aliphatic heterocycles. The van der Waals surface area contributed by atoms with Crippen molar-refractivity contribution in [2.45, 2.75) is 31.5 Å². The Bertz CT molecular complexity index is 972. The lowest BCUT2D eigenvalue weighted by atomic mass is 10.1. The smallest absolute Gasteiger partial charge is 0.104 e. The molecule has 4 rings (SSSR count). The van der Waals surface area contributed by atoms with Gasteiger partial charge in [-0.1, -0.05) is 109 Å². The van der Waals surface area contributed by atoms with Crippen LogP contribution in [0.4, 0.5) is 0 Å². The fraction of sp³-hybridized carbons (Fsp3) is 0.241. The highest BCUT2D eigenvalue weighted by Crippen LogP contribution is 2.27. The first-order valence-electron chi connectivity index (χ1n) is 11.2. The number of hydrogen-bond donors (Lipinski definition) is 0. The van der Waals surface area contributed by atoms with Crippen LogP contribution in [-0.2, 0) is 22.7 Å². The van der Waals surface area contributed by atoms with E-state index in [1.54, 1.807) is 0 Å². The van der Waals surface area contributed by atoms with Gasteiger partial charge in [0.1, 0.15) is 6.10 Å². The lowest BCUT2D eigenvalue weighted by Crippen LogP contribution is -2.37. The highest BCUT2D eigenvalue weighted by Gasteiger charge is 2.41. The van der Waals surface area contributed by atoms with E-state index < -0.39 is 0 Å². The Kier molecular flexibility index (Phi) is 8.05. The molecule has 0 bridgehead atoms. The Hall–Kier alpha value is -2.98. The fourth-order valence-electron chi connectivity index (χ4n) is 4.15. The van der Waals surface area contributed by atoms with Gasteiger partial charge in [-0.05, 0) is 16.7 Å². The van der Waals surface area contributed by atoms with E-state index in [9.17, 15) is 0 Å². The van der Waals surface area contributed by atoms with Crippen LogP contribution in [0.2, 0.25) is 0 Å². The average molecular weight is 426 g/mol. The van der Waals surface area contributed by atoms with Gasteiger partial charge in [0.05, 0.1) is 25.4 Å². The lowest BCUT2D eigenvalue weighted by Gasteiger charge is -2.25. The van der Waals surface area contributed by atoms with Crippen LogP contribution in [-0.4, -0.2) is 36.2 Å². The number of ether oxygens (including phenoxy) is 2. The molecule has 0 radical (unpaired) electrons. The Balaban J connectivity index is 1.53. The van der Waals surface area contributed by atoms with Gasteiger partial charge in [-0.15, -0.1) is 6.58 Å². The van der Waals surface area contributed by atoms with Crippen molar-refractivity contribution < 1.29 is 9.47 Å². The van der Waals surface area contributed by atoms with Crippen LogP contribution in [0.25, 0.3) is 6.08 Å². The minimum absolute atomic E-state index is 0.0238. The van der Waals surface area contributed by atoms with Gasteiger partial charge in [0.2, 0.25) is 0 Å². The third-order valence-electron chi connectivity index (χ3n) is 5.78. The molecule has 1 aliphatic rings. The Morgan fingerprint density at radius 1 is 0.781 bits per heavy atom. The van der Waals surface area contributed by atoms with Crippen LogP contribution in [0.1, 0.15) is 16.7 Å². The summed E-state index contributed by atoms with van der Waals surface area (Å²) in [4.78, 5) is 2.39. The van der Waals surface area contributed by atoms with Gasteiger partial charge in [0.25, 0.3) is 0 Å². The van der Waals surface area contributed by atoms with E-state index in [0.29, 0.717) is 13.2 Å². The zero-order valence-corrected chi connectivity index (χ0v) is 18.4. The normalized spacial score (nSPS) is 21.2. The zero-order chi connectivity index (χ0) is 22.0. The molecular weight excluding hydrogens is 394 g/mol. The molecule has 3 atom stereocenters. The summed E-state index contributed by atoms with van der Waals surface area (Å²) >= 11 is 0. The van der Waals surface area contributed by atoms with E-state index in [0.717, 1.165) is 13.1 Å². The monoisotopic (exact) mass is 425 g/mol. The molecule has 0 spiro atoms. The second kappa shape index (κ2) is 11.6. The summed E-state index contributed by atoms with van der Waals surface area (Å²) in [6.07, 6.45) is 6.29. The van der Waals surface area contributed by atoms with Crippen molar-refractivity contribution in [1.29, 1.82) is 0 Å². The third kappa shape index (κ3) is 6.04. The van der Waals surface area contributed by atoms with Crippen molar-refractivity contribution in [3.63, 3.8) is 0 Å². The Labute approximate surface area is 191 Å². The summed E-state index contributed by atoms with van der Waals surface area (Å²) in [5.41, 5.74) is 3.52. The molecule has 0 unspecified atom stereocenters. The quantitative estimate of drug-likeness (QED) is 0.387. The van der Waals surface area contributed by atoms with Crippen LogP contribution in [0.15, 0.2) is 110 Å². The number of nitrogens with zero attached hydrogens (tertiary/aromatic N) is 1. The lowest BCUT2D eigenvalue weighted by molar-refractivity contribution is -0.0659. The standard InChI is InChI=1S/C29H31NO2/c1-2-20-30-21-28(31-22-25-14-8-4-9-15-25)29(32-23-26-16-10-5-11-17-26)27(30)19-18-24-12-6-3-7-13-24/h2-19,27-29H,1,20-23H2/b19-18-/t27-,28-,29-/m1/s1. The van der Waals surface area contributed by atoms with E-state index in [4.69, 9.17) is 9.47 Å².